The van der Waals surface area contributed by atoms with Gasteiger partial charge in [0.2, 0.25) is 5.91 Å². The molecule has 1 N–H and O–H groups in total. The lowest BCUT2D eigenvalue weighted by atomic mass is 10.1. The molecule has 26 heavy (non-hydrogen) atoms. The molecule has 4 nitrogen and oxygen atoms in total. The molecular weight excluding hydrogens is 322 g/mol. The predicted octanol–water partition coefficient (Wildman–Crippen LogP) is 3.71. The van der Waals surface area contributed by atoms with E-state index in [2.05, 4.69) is 65.4 Å². The van der Waals surface area contributed by atoms with Crippen molar-refractivity contribution in [2.75, 3.05) is 36.4 Å². The topological polar surface area (TPSA) is 35.6 Å². The molecule has 2 aromatic carbocycles. The monoisotopic (exact) mass is 351 g/mol. The summed E-state index contributed by atoms with van der Waals surface area (Å²) in [6.07, 6.45) is 1.01. The molecule has 2 aromatic rings. The standard InChI is InChI=1S/C22H29N3O/c1-4-19-8-10-20(11-9-19)23-22(26)18(3)24-12-14-25(15-13-24)21-7-5-6-17(2)16-21/h5-11,16,18H,4,12-15H2,1-3H3,(H,23,26). The average molecular weight is 351 g/mol. The van der Waals surface area contributed by atoms with Gasteiger partial charge < -0.3 is 10.2 Å². The summed E-state index contributed by atoms with van der Waals surface area (Å²) in [5.41, 5.74) is 4.71. The van der Waals surface area contributed by atoms with Gasteiger partial charge in [-0.15, -0.1) is 0 Å². The third kappa shape index (κ3) is 4.44. The van der Waals surface area contributed by atoms with Gasteiger partial charge in [-0.05, 0) is 55.7 Å². The zero-order chi connectivity index (χ0) is 18.5. The quantitative estimate of drug-likeness (QED) is 0.892. The molecule has 1 amide bonds. The maximum Gasteiger partial charge on any atom is 0.241 e. The van der Waals surface area contributed by atoms with Gasteiger partial charge >= 0.3 is 0 Å². The first-order valence-electron chi connectivity index (χ1n) is 9.52. The van der Waals surface area contributed by atoms with Gasteiger partial charge in [-0.3, -0.25) is 9.69 Å². The molecule has 0 spiro atoms. The number of aryl methyl sites for hydroxylation is 2. The Bertz CT molecular complexity index is 733. The Labute approximate surface area is 156 Å². The Balaban J connectivity index is 1.53. The number of nitrogens with zero attached hydrogens (tertiary/aromatic N) is 2. The summed E-state index contributed by atoms with van der Waals surface area (Å²) >= 11 is 0. The average Bonchev–Trinajstić information content (AvgIpc) is 2.68. The van der Waals surface area contributed by atoms with Gasteiger partial charge in [0, 0.05) is 37.6 Å². The molecule has 0 aromatic heterocycles. The van der Waals surface area contributed by atoms with Crippen LogP contribution in [-0.4, -0.2) is 43.0 Å². The van der Waals surface area contributed by atoms with Crippen molar-refractivity contribution in [1.29, 1.82) is 0 Å². The van der Waals surface area contributed by atoms with Gasteiger partial charge in [0.15, 0.2) is 0 Å². The number of hydrogen-bond donors (Lipinski definition) is 1. The third-order valence-corrected chi connectivity index (χ3v) is 5.24. The van der Waals surface area contributed by atoms with Crippen LogP contribution in [0.2, 0.25) is 0 Å². The lowest BCUT2D eigenvalue weighted by Gasteiger charge is -2.38. The molecular formula is C22H29N3O. The summed E-state index contributed by atoms with van der Waals surface area (Å²) in [6.45, 7) is 9.95. The molecule has 138 valence electrons. The lowest BCUT2D eigenvalue weighted by molar-refractivity contribution is -0.120. The fraction of sp³-hybridized carbons (Fsp3) is 0.409. The van der Waals surface area contributed by atoms with Crippen LogP contribution in [0.25, 0.3) is 0 Å². The molecule has 1 aliphatic rings. The molecule has 1 aliphatic heterocycles. The second-order valence-corrected chi connectivity index (χ2v) is 7.08. The van der Waals surface area contributed by atoms with Crippen molar-refractivity contribution in [2.45, 2.75) is 33.2 Å². The molecule has 0 bridgehead atoms. The number of nitrogens with one attached hydrogen (secondary N) is 1. The van der Waals surface area contributed by atoms with Crippen molar-refractivity contribution in [3.63, 3.8) is 0 Å². The molecule has 1 heterocycles. The molecule has 0 aliphatic carbocycles. The van der Waals surface area contributed by atoms with E-state index in [1.54, 1.807) is 0 Å². The second kappa shape index (κ2) is 8.37. The number of anilines is 2. The van der Waals surface area contributed by atoms with E-state index in [1.807, 2.05) is 19.1 Å². The summed E-state index contributed by atoms with van der Waals surface area (Å²) in [5, 5.41) is 3.05. The molecule has 0 radical (unpaired) electrons. The summed E-state index contributed by atoms with van der Waals surface area (Å²) < 4.78 is 0. The largest absolute Gasteiger partial charge is 0.369 e. The van der Waals surface area contributed by atoms with E-state index >= 15 is 0 Å². The summed E-state index contributed by atoms with van der Waals surface area (Å²) in [5.74, 6) is 0.0678. The van der Waals surface area contributed by atoms with E-state index in [0.29, 0.717) is 0 Å². The zero-order valence-electron chi connectivity index (χ0n) is 16.0. The van der Waals surface area contributed by atoms with Crippen LogP contribution in [0.1, 0.15) is 25.0 Å². The van der Waals surface area contributed by atoms with Crippen LogP contribution < -0.4 is 10.2 Å². The van der Waals surface area contributed by atoms with Gasteiger partial charge in [-0.25, -0.2) is 0 Å². The van der Waals surface area contributed by atoms with Crippen LogP contribution in [0.5, 0.6) is 0 Å². The van der Waals surface area contributed by atoms with Crippen molar-refractivity contribution in [2.24, 2.45) is 0 Å². The first kappa shape index (κ1) is 18.5. The fourth-order valence-electron chi connectivity index (χ4n) is 3.43. The zero-order valence-corrected chi connectivity index (χ0v) is 16.0. The van der Waals surface area contributed by atoms with Gasteiger partial charge in [-0.1, -0.05) is 31.2 Å². The summed E-state index contributed by atoms with van der Waals surface area (Å²) in [4.78, 5) is 17.3. The van der Waals surface area contributed by atoms with E-state index in [4.69, 9.17) is 0 Å². The van der Waals surface area contributed by atoms with Crippen molar-refractivity contribution in [3.05, 3.63) is 59.7 Å². The normalized spacial score (nSPS) is 16.3. The highest BCUT2D eigenvalue weighted by Gasteiger charge is 2.25. The number of amides is 1. The van der Waals surface area contributed by atoms with Crippen LogP contribution in [0, 0.1) is 6.92 Å². The molecule has 1 saturated heterocycles. The van der Waals surface area contributed by atoms with Crippen LogP contribution >= 0.6 is 0 Å². The van der Waals surface area contributed by atoms with Crippen molar-refractivity contribution >= 4 is 17.3 Å². The number of hydrogen-bond acceptors (Lipinski definition) is 3. The van der Waals surface area contributed by atoms with Gasteiger partial charge in [0.05, 0.1) is 6.04 Å². The van der Waals surface area contributed by atoms with Gasteiger partial charge in [0.25, 0.3) is 0 Å². The lowest BCUT2D eigenvalue weighted by Crippen LogP contribution is -2.52. The minimum atomic E-state index is -0.125. The maximum absolute atomic E-state index is 12.6. The van der Waals surface area contributed by atoms with Crippen LogP contribution in [0.3, 0.4) is 0 Å². The molecule has 1 unspecified atom stereocenters. The van der Waals surface area contributed by atoms with Crippen molar-refractivity contribution in [1.82, 2.24) is 4.90 Å². The smallest absolute Gasteiger partial charge is 0.241 e. The van der Waals surface area contributed by atoms with Crippen LogP contribution in [-0.2, 0) is 11.2 Å². The fourth-order valence-corrected chi connectivity index (χ4v) is 3.43. The van der Waals surface area contributed by atoms with E-state index in [1.165, 1.54) is 16.8 Å². The minimum absolute atomic E-state index is 0.0678. The molecule has 1 atom stereocenters. The third-order valence-electron chi connectivity index (χ3n) is 5.24. The van der Waals surface area contributed by atoms with E-state index in [-0.39, 0.29) is 11.9 Å². The molecule has 3 rings (SSSR count). The Morgan fingerprint density at radius 3 is 2.38 bits per heavy atom. The number of carbonyl (C=O) groups excluding carboxylic acids is 1. The second-order valence-electron chi connectivity index (χ2n) is 7.08. The van der Waals surface area contributed by atoms with E-state index < -0.39 is 0 Å². The number of piperazine rings is 1. The molecule has 0 saturated carbocycles. The summed E-state index contributed by atoms with van der Waals surface area (Å²) in [7, 11) is 0. The van der Waals surface area contributed by atoms with Crippen LogP contribution in [0.4, 0.5) is 11.4 Å². The summed E-state index contributed by atoms with van der Waals surface area (Å²) in [6, 6.07) is 16.6. The van der Waals surface area contributed by atoms with Crippen LogP contribution in [0.15, 0.2) is 48.5 Å². The number of carbonyl (C=O) groups is 1. The highest BCUT2D eigenvalue weighted by molar-refractivity contribution is 5.94. The van der Waals surface area contributed by atoms with E-state index in [9.17, 15) is 4.79 Å². The number of benzene rings is 2. The predicted molar refractivity (Wildman–Crippen MR) is 109 cm³/mol. The SMILES string of the molecule is CCc1ccc(NC(=O)C(C)N2CCN(c3cccc(C)c3)CC2)cc1. The maximum atomic E-state index is 12.6. The number of rotatable bonds is 5. The van der Waals surface area contributed by atoms with Crippen molar-refractivity contribution < 1.29 is 4.79 Å². The Hall–Kier alpha value is -2.33. The minimum Gasteiger partial charge on any atom is -0.369 e. The Morgan fingerprint density at radius 2 is 1.77 bits per heavy atom. The molecule has 4 heteroatoms. The van der Waals surface area contributed by atoms with Gasteiger partial charge in [0.1, 0.15) is 0 Å². The van der Waals surface area contributed by atoms with E-state index in [0.717, 1.165) is 38.3 Å². The molecule has 1 fully saturated rings. The Kier molecular flexibility index (Phi) is 5.94. The van der Waals surface area contributed by atoms with Crippen molar-refractivity contribution in [3.8, 4) is 0 Å². The highest BCUT2D eigenvalue weighted by Crippen LogP contribution is 2.19. The first-order chi connectivity index (χ1) is 12.6. The highest BCUT2D eigenvalue weighted by atomic mass is 16.2. The van der Waals surface area contributed by atoms with Gasteiger partial charge in [-0.2, -0.15) is 0 Å². The first-order valence-corrected chi connectivity index (χ1v) is 9.52. The Morgan fingerprint density at radius 1 is 1.08 bits per heavy atom.